The Morgan fingerprint density at radius 2 is 1.93 bits per heavy atom. The molecule has 1 saturated heterocycles. The van der Waals surface area contributed by atoms with Crippen molar-refractivity contribution in [1.29, 1.82) is 0 Å². The largest absolute Gasteiger partial charge is 0.350 e. The molecule has 144 valence electrons. The van der Waals surface area contributed by atoms with Crippen LogP contribution in [0.15, 0.2) is 52.1 Å². The molecule has 1 atom stereocenters. The van der Waals surface area contributed by atoms with Gasteiger partial charge in [0.15, 0.2) is 0 Å². The van der Waals surface area contributed by atoms with Gasteiger partial charge in [-0.25, -0.2) is 19.1 Å². The summed E-state index contributed by atoms with van der Waals surface area (Å²) in [6.07, 6.45) is 1.62. The minimum Gasteiger partial charge on any atom is -0.337 e. The SMILES string of the molecule is Cn1nc([C@H]2CCCN(C(=O)c3ccc(=O)[nH]n3)C2)n(-c2ccccc2)c1=O. The number of nitrogens with zero attached hydrogens (tertiary/aromatic N) is 5. The highest BCUT2D eigenvalue weighted by Gasteiger charge is 2.30. The van der Waals surface area contributed by atoms with E-state index in [1.54, 1.807) is 16.5 Å². The second kappa shape index (κ2) is 7.26. The predicted octanol–water partition coefficient (Wildman–Crippen LogP) is 0.674. The van der Waals surface area contributed by atoms with Gasteiger partial charge in [0.25, 0.3) is 11.5 Å². The van der Waals surface area contributed by atoms with E-state index in [0.717, 1.165) is 18.5 Å². The van der Waals surface area contributed by atoms with E-state index in [1.807, 2.05) is 30.3 Å². The van der Waals surface area contributed by atoms with Crippen LogP contribution in [0.2, 0.25) is 0 Å². The van der Waals surface area contributed by atoms with E-state index < -0.39 is 0 Å². The second-order valence-corrected chi connectivity index (χ2v) is 6.83. The maximum atomic E-state index is 12.8. The smallest absolute Gasteiger partial charge is 0.337 e. The lowest BCUT2D eigenvalue weighted by Crippen LogP contribution is -2.40. The number of hydrogen-bond acceptors (Lipinski definition) is 5. The van der Waals surface area contributed by atoms with Gasteiger partial charge in [0.05, 0.1) is 5.69 Å². The molecule has 0 aliphatic carbocycles. The van der Waals surface area contributed by atoms with Gasteiger partial charge in [-0.2, -0.15) is 10.2 Å². The van der Waals surface area contributed by atoms with Gasteiger partial charge >= 0.3 is 5.69 Å². The molecule has 1 aliphatic heterocycles. The highest BCUT2D eigenvalue weighted by molar-refractivity contribution is 5.92. The number of H-pyrrole nitrogens is 1. The van der Waals surface area contributed by atoms with Crippen LogP contribution in [0.5, 0.6) is 0 Å². The average Bonchev–Trinajstić information content (AvgIpc) is 3.03. The maximum absolute atomic E-state index is 12.8. The van der Waals surface area contributed by atoms with Crippen molar-refractivity contribution in [2.45, 2.75) is 18.8 Å². The fourth-order valence-electron chi connectivity index (χ4n) is 3.57. The highest BCUT2D eigenvalue weighted by atomic mass is 16.2. The number of likely N-dealkylation sites (tertiary alicyclic amines) is 1. The van der Waals surface area contributed by atoms with Gasteiger partial charge < -0.3 is 4.90 Å². The summed E-state index contributed by atoms with van der Waals surface area (Å²) in [5.74, 6) is 0.325. The molecule has 0 saturated carbocycles. The van der Waals surface area contributed by atoms with Gasteiger partial charge in [-0.3, -0.25) is 9.59 Å². The van der Waals surface area contributed by atoms with Crippen molar-refractivity contribution in [3.05, 3.63) is 74.8 Å². The number of aryl methyl sites for hydroxylation is 1. The van der Waals surface area contributed by atoms with Crippen molar-refractivity contribution in [3.8, 4) is 5.69 Å². The molecular weight excluding hydrogens is 360 g/mol. The molecular formula is C19H20N6O3. The Morgan fingerprint density at radius 3 is 2.64 bits per heavy atom. The summed E-state index contributed by atoms with van der Waals surface area (Å²) in [4.78, 5) is 38.3. The Hall–Kier alpha value is -3.49. The molecule has 0 radical (unpaired) electrons. The summed E-state index contributed by atoms with van der Waals surface area (Å²) in [6.45, 7) is 1.03. The van der Waals surface area contributed by atoms with Gasteiger partial charge in [0.2, 0.25) is 0 Å². The molecule has 4 rings (SSSR count). The van der Waals surface area contributed by atoms with Crippen molar-refractivity contribution < 1.29 is 4.79 Å². The lowest BCUT2D eigenvalue weighted by molar-refractivity contribution is 0.0696. The number of amides is 1. The Bertz CT molecular complexity index is 1090. The maximum Gasteiger partial charge on any atom is 0.350 e. The summed E-state index contributed by atoms with van der Waals surface area (Å²) in [5, 5.41) is 10.6. The van der Waals surface area contributed by atoms with Crippen LogP contribution in [0, 0.1) is 0 Å². The van der Waals surface area contributed by atoms with E-state index >= 15 is 0 Å². The van der Waals surface area contributed by atoms with Crippen LogP contribution in [-0.2, 0) is 7.05 Å². The zero-order chi connectivity index (χ0) is 19.7. The molecule has 1 amide bonds. The Labute approximate surface area is 160 Å². The molecule has 0 bridgehead atoms. The molecule has 9 nitrogen and oxygen atoms in total. The predicted molar refractivity (Wildman–Crippen MR) is 102 cm³/mol. The number of piperidine rings is 1. The number of carbonyl (C=O) groups excluding carboxylic acids is 1. The molecule has 3 heterocycles. The quantitative estimate of drug-likeness (QED) is 0.719. The molecule has 0 spiro atoms. The number of aromatic amines is 1. The number of rotatable bonds is 3. The van der Waals surface area contributed by atoms with Crippen LogP contribution in [0.1, 0.15) is 35.1 Å². The first-order valence-electron chi connectivity index (χ1n) is 9.11. The molecule has 1 N–H and O–H groups in total. The monoisotopic (exact) mass is 380 g/mol. The number of aromatic nitrogens is 5. The second-order valence-electron chi connectivity index (χ2n) is 6.83. The number of nitrogens with one attached hydrogen (secondary N) is 1. The van der Waals surface area contributed by atoms with Crippen LogP contribution >= 0.6 is 0 Å². The van der Waals surface area contributed by atoms with Crippen LogP contribution in [-0.4, -0.2) is 48.4 Å². The Morgan fingerprint density at radius 1 is 1.14 bits per heavy atom. The highest BCUT2D eigenvalue weighted by Crippen LogP contribution is 2.27. The number of hydrogen-bond donors (Lipinski definition) is 1. The normalized spacial score (nSPS) is 16.9. The first kappa shape index (κ1) is 17.9. The van der Waals surface area contributed by atoms with Crippen molar-refractivity contribution in [3.63, 3.8) is 0 Å². The Balaban J connectivity index is 1.65. The summed E-state index contributed by atoms with van der Waals surface area (Å²) in [5.41, 5.74) is 0.378. The third kappa shape index (κ3) is 3.26. The summed E-state index contributed by atoms with van der Waals surface area (Å²) in [6, 6.07) is 12.1. The molecule has 1 fully saturated rings. The van der Waals surface area contributed by atoms with E-state index in [9.17, 15) is 14.4 Å². The van der Waals surface area contributed by atoms with E-state index in [-0.39, 0.29) is 28.8 Å². The average molecular weight is 380 g/mol. The van der Waals surface area contributed by atoms with E-state index in [1.165, 1.54) is 16.8 Å². The lowest BCUT2D eigenvalue weighted by Gasteiger charge is -2.32. The molecule has 2 aromatic heterocycles. The molecule has 1 aromatic carbocycles. The fraction of sp³-hybridized carbons (Fsp3) is 0.316. The minimum absolute atomic E-state index is 0.0745. The topological polar surface area (TPSA) is 106 Å². The standard InChI is InChI=1S/C19H20N6O3/c1-23-19(28)25(14-7-3-2-4-8-14)17(22-23)13-6-5-11-24(12-13)18(27)15-9-10-16(26)21-20-15/h2-4,7-10,13H,5-6,11-12H2,1H3,(H,21,26)/t13-/m0/s1. The van der Waals surface area contributed by atoms with E-state index in [0.29, 0.717) is 18.9 Å². The van der Waals surface area contributed by atoms with Gasteiger partial charge in [0.1, 0.15) is 11.5 Å². The summed E-state index contributed by atoms with van der Waals surface area (Å²) < 4.78 is 2.93. The zero-order valence-electron chi connectivity index (χ0n) is 15.4. The van der Waals surface area contributed by atoms with Crippen molar-refractivity contribution in [1.82, 2.24) is 29.4 Å². The van der Waals surface area contributed by atoms with Gasteiger partial charge in [0, 0.05) is 32.1 Å². The first-order valence-corrected chi connectivity index (χ1v) is 9.11. The van der Waals surface area contributed by atoms with Gasteiger partial charge in [-0.1, -0.05) is 18.2 Å². The number of para-hydroxylation sites is 1. The molecule has 1 aliphatic rings. The van der Waals surface area contributed by atoms with Crippen LogP contribution in [0.25, 0.3) is 5.69 Å². The Kier molecular flexibility index (Phi) is 4.64. The van der Waals surface area contributed by atoms with E-state index in [2.05, 4.69) is 15.3 Å². The lowest BCUT2D eigenvalue weighted by atomic mass is 9.96. The van der Waals surface area contributed by atoms with E-state index in [4.69, 9.17) is 0 Å². The summed E-state index contributed by atoms with van der Waals surface area (Å²) in [7, 11) is 1.63. The first-order chi connectivity index (χ1) is 13.5. The molecule has 9 heteroatoms. The van der Waals surface area contributed by atoms with Crippen molar-refractivity contribution >= 4 is 5.91 Å². The van der Waals surface area contributed by atoms with Crippen molar-refractivity contribution in [2.75, 3.05) is 13.1 Å². The third-order valence-electron chi connectivity index (χ3n) is 4.94. The number of carbonyl (C=O) groups is 1. The molecule has 3 aromatic rings. The van der Waals surface area contributed by atoms with Gasteiger partial charge in [-0.15, -0.1) is 0 Å². The van der Waals surface area contributed by atoms with Crippen LogP contribution < -0.4 is 11.2 Å². The number of benzene rings is 1. The third-order valence-corrected chi connectivity index (χ3v) is 4.94. The summed E-state index contributed by atoms with van der Waals surface area (Å²) >= 11 is 0. The van der Waals surface area contributed by atoms with Crippen molar-refractivity contribution in [2.24, 2.45) is 7.05 Å². The molecule has 28 heavy (non-hydrogen) atoms. The fourth-order valence-corrected chi connectivity index (χ4v) is 3.57. The van der Waals surface area contributed by atoms with Crippen LogP contribution in [0.3, 0.4) is 0 Å². The van der Waals surface area contributed by atoms with Gasteiger partial charge in [-0.05, 0) is 31.0 Å². The molecule has 0 unspecified atom stereocenters. The van der Waals surface area contributed by atoms with Crippen LogP contribution in [0.4, 0.5) is 0 Å². The minimum atomic E-state index is -0.353. The zero-order valence-corrected chi connectivity index (χ0v) is 15.4.